The molecule has 1 aliphatic heterocycles. The van der Waals surface area contributed by atoms with Crippen molar-refractivity contribution in [1.29, 1.82) is 5.41 Å². The third-order valence-electron chi connectivity index (χ3n) is 4.26. The van der Waals surface area contributed by atoms with E-state index in [2.05, 4.69) is 16.9 Å². The first-order chi connectivity index (χ1) is 15.1. The summed E-state index contributed by atoms with van der Waals surface area (Å²) >= 11 is 1.03. The van der Waals surface area contributed by atoms with Crippen molar-refractivity contribution in [2.24, 2.45) is 0 Å². The molecule has 0 spiro atoms. The molecule has 4 rings (SSSR count). The fourth-order valence-electron chi connectivity index (χ4n) is 2.94. The van der Waals surface area contributed by atoms with Gasteiger partial charge in [0.15, 0.2) is 16.7 Å². The van der Waals surface area contributed by atoms with Gasteiger partial charge in [-0.05, 0) is 64.9 Å². The maximum atomic E-state index is 13.1. The second-order valence-corrected chi connectivity index (χ2v) is 7.33. The number of hydrogen-bond acceptors (Lipinski definition) is 8. The highest BCUT2D eigenvalue weighted by Gasteiger charge is 2.37. The van der Waals surface area contributed by atoms with Gasteiger partial charge >= 0.3 is 0 Å². The molecule has 0 saturated carbocycles. The average molecular weight is 437 g/mol. The molecule has 1 fully saturated rings. The van der Waals surface area contributed by atoms with Crippen molar-refractivity contribution in [1.82, 2.24) is 14.9 Å². The number of benzene rings is 1. The van der Waals surface area contributed by atoms with Crippen LogP contribution in [0.1, 0.15) is 12.5 Å². The van der Waals surface area contributed by atoms with E-state index in [0.717, 1.165) is 17.3 Å². The molecule has 0 unspecified atom stereocenters. The Morgan fingerprint density at radius 1 is 1.19 bits per heavy atom. The van der Waals surface area contributed by atoms with Crippen molar-refractivity contribution >= 4 is 34.7 Å². The predicted octanol–water partition coefficient (Wildman–Crippen LogP) is 3.88. The second kappa shape index (κ2) is 8.92. The van der Waals surface area contributed by atoms with E-state index in [1.54, 1.807) is 41.2 Å². The maximum Gasteiger partial charge on any atom is 0.272 e. The zero-order chi connectivity index (χ0) is 21.8. The first-order valence-corrected chi connectivity index (χ1v) is 10.2. The van der Waals surface area contributed by atoms with Crippen LogP contribution in [0.5, 0.6) is 11.5 Å². The smallest absolute Gasteiger partial charge is 0.272 e. The molecule has 1 aliphatic rings. The number of aromatic nitrogens is 3. The molecular formula is C21H19N5O4S. The first kappa shape index (κ1) is 20.5. The van der Waals surface area contributed by atoms with Gasteiger partial charge in [-0.2, -0.15) is 0 Å². The Morgan fingerprint density at radius 2 is 1.97 bits per heavy atom. The fourth-order valence-corrected chi connectivity index (χ4v) is 3.78. The van der Waals surface area contributed by atoms with E-state index >= 15 is 0 Å². The lowest BCUT2D eigenvalue weighted by molar-refractivity contribution is -0.113. The van der Waals surface area contributed by atoms with E-state index in [9.17, 15) is 4.79 Å². The highest BCUT2D eigenvalue weighted by molar-refractivity contribution is 8.19. The molecule has 1 N–H and O–H groups in total. The van der Waals surface area contributed by atoms with Gasteiger partial charge in [0, 0.05) is 12.4 Å². The van der Waals surface area contributed by atoms with Crippen molar-refractivity contribution in [3.05, 3.63) is 65.8 Å². The largest absolute Gasteiger partial charge is 0.490 e. The zero-order valence-electron chi connectivity index (χ0n) is 16.6. The third kappa shape index (κ3) is 4.10. The number of carbonyl (C=O) groups is 1. The van der Waals surface area contributed by atoms with Crippen LogP contribution in [-0.2, 0) is 4.79 Å². The summed E-state index contributed by atoms with van der Waals surface area (Å²) in [4.78, 5) is 14.6. The number of thioether (sulfide) groups is 1. The molecule has 9 nitrogen and oxygen atoms in total. The summed E-state index contributed by atoms with van der Waals surface area (Å²) in [5.74, 6) is 1.26. The van der Waals surface area contributed by atoms with Crippen molar-refractivity contribution < 1.29 is 18.9 Å². The summed E-state index contributed by atoms with van der Waals surface area (Å²) in [6, 6.07) is 9.01. The Morgan fingerprint density at radius 3 is 2.71 bits per heavy atom. The second-order valence-electron chi connectivity index (χ2n) is 6.30. The minimum Gasteiger partial charge on any atom is -0.490 e. The molecule has 1 saturated heterocycles. The first-order valence-electron chi connectivity index (χ1n) is 9.41. The number of anilines is 1. The van der Waals surface area contributed by atoms with Crippen LogP contribution >= 0.6 is 11.8 Å². The van der Waals surface area contributed by atoms with Crippen LogP contribution in [0.4, 0.5) is 5.82 Å². The Bertz CT molecular complexity index is 1150. The van der Waals surface area contributed by atoms with Crippen LogP contribution in [-0.4, -0.2) is 39.2 Å². The van der Waals surface area contributed by atoms with Crippen LogP contribution in [0.15, 0.2) is 64.9 Å². The standard InChI is InChI=1S/C21H19N5O4S/c1-3-11-29-15-8-7-14(12-16(15)28-4-2)13-17-20(27)26(21(22)31-17)19-18(23-30-24-19)25-9-5-6-10-25/h3,5-10,12-13,22H,1,4,11H2,2H3/b17-13-,22-21?. The van der Waals surface area contributed by atoms with Gasteiger partial charge in [-0.25, -0.2) is 9.53 Å². The highest BCUT2D eigenvalue weighted by atomic mass is 32.2. The summed E-state index contributed by atoms with van der Waals surface area (Å²) in [5, 5.41) is 16.0. The zero-order valence-corrected chi connectivity index (χ0v) is 17.5. The minimum absolute atomic E-state index is 0.0105. The summed E-state index contributed by atoms with van der Waals surface area (Å²) in [6.07, 6.45) is 6.86. The molecule has 0 atom stereocenters. The van der Waals surface area contributed by atoms with Gasteiger partial charge in [0.25, 0.3) is 5.91 Å². The number of nitrogens with one attached hydrogen (secondary N) is 1. The number of ether oxygens (including phenoxy) is 2. The Labute approximate surface area is 182 Å². The predicted molar refractivity (Wildman–Crippen MR) is 118 cm³/mol. The topological polar surface area (TPSA) is 106 Å². The van der Waals surface area contributed by atoms with E-state index in [4.69, 9.17) is 19.5 Å². The van der Waals surface area contributed by atoms with Crippen molar-refractivity contribution in [3.63, 3.8) is 0 Å². The van der Waals surface area contributed by atoms with Gasteiger partial charge in [0.05, 0.1) is 11.5 Å². The monoisotopic (exact) mass is 437 g/mol. The van der Waals surface area contributed by atoms with E-state index in [1.165, 1.54) is 4.90 Å². The average Bonchev–Trinajstić information content (AvgIpc) is 3.49. The normalized spacial score (nSPS) is 15.0. The van der Waals surface area contributed by atoms with Crippen LogP contribution in [0.2, 0.25) is 0 Å². The molecular weight excluding hydrogens is 418 g/mol. The molecule has 1 aromatic carbocycles. The summed E-state index contributed by atoms with van der Waals surface area (Å²) in [5.41, 5.74) is 0.740. The number of hydrogen-bond donors (Lipinski definition) is 1. The van der Waals surface area contributed by atoms with E-state index in [-0.39, 0.29) is 16.9 Å². The molecule has 31 heavy (non-hydrogen) atoms. The Kier molecular flexibility index (Phi) is 5.89. The fraction of sp³-hybridized carbons (Fsp3) is 0.143. The van der Waals surface area contributed by atoms with Crippen molar-refractivity contribution in [2.45, 2.75) is 6.92 Å². The van der Waals surface area contributed by atoms with E-state index in [0.29, 0.717) is 35.4 Å². The molecule has 158 valence electrons. The number of carbonyl (C=O) groups excluding carboxylic acids is 1. The van der Waals surface area contributed by atoms with Gasteiger partial charge in [-0.1, -0.05) is 18.7 Å². The lowest BCUT2D eigenvalue weighted by Crippen LogP contribution is -2.29. The van der Waals surface area contributed by atoms with E-state index in [1.807, 2.05) is 25.1 Å². The minimum atomic E-state index is -0.385. The molecule has 3 heterocycles. The Balaban J connectivity index is 1.63. The Hall–Kier alpha value is -3.79. The summed E-state index contributed by atoms with van der Waals surface area (Å²) < 4.78 is 17.8. The lowest BCUT2D eigenvalue weighted by Gasteiger charge is -2.12. The highest BCUT2D eigenvalue weighted by Crippen LogP contribution is 2.37. The van der Waals surface area contributed by atoms with Crippen LogP contribution in [0, 0.1) is 5.41 Å². The summed E-state index contributed by atoms with van der Waals surface area (Å²) in [6.45, 7) is 6.35. The third-order valence-corrected chi connectivity index (χ3v) is 5.15. The van der Waals surface area contributed by atoms with Crippen LogP contribution in [0.25, 0.3) is 11.9 Å². The number of nitrogens with zero attached hydrogens (tertiary/aromatic N) is 4. The van der Waals surface area contributed by atoms with Crippen molar-refractivity contribution in [3.8, 4) is 17.3 Å². The summed E-state index contributed by atoms with van der Waals surface area (Å²) in [7, 11) is 0. The van der Waals surface area contributed by atoms with Crippen LogP contribution in [0.3, 0.4) is 0 Å². The van der Waals surface area contributed by atoms with Gasteiger partial charge in [0.2, 0.25) is 11.6 Å². The van der Waals surface area contributed by atoms with Crippen LogP contribution < -0.4 is 14.4 Å². The van der Waals surface area contributed by atoms with Gasteiger partial charge in [0.1, 0.15) is 6.61 Å². The maximum absolute atomic E-state index is 13.1. The molecule has 0 aliphatic carbocycles. The number of amidine groups is 1. The molecule has 1 amide bonds. The SMILES string of the molecule is C=CCOc1ccc(/C=C2\SC(=N)N(c3nonc3-n3cccc3)C2=O)cc1OCC. The number of amides is 1. The molecule has 3 aromatic rings. The van der Waals surface area contributed by atoms with E-state index < -0.39 is 0 Å². The number of rotatable bonds is 8. The molecule has 2 aromatic heterocycles. The van der Waals surface area contributed by atoms with Gasteiger partial charge in [-0.3, -0.25) is 10.2 Å². The quantitative estimate of drug-likeness (QED) is 0.421. The lowest BCUT2D eigenvalue weighted by atomic mass is 10.2. The molecule has 0 bridgehead atoms. The van der Waals surface area contributed by atoms with Crippen molar-refractivity contribution in [2.75, 3.05) is 18.1 Å². The van der Waals surface area contributed by atoms with Gasteiger partial charge in [-0.15, -0.1) is 0 Å². The molecule has 10 heteroatoms. The van der Waals surface area contributed by atoms with Gasteiger partial charge < -0.3 is 14.0 Å². The molecule has 0 radical (unpaired) electrons.